The van der Waals surface area contributed by atoms with Crippen LogP contribution in [-0.4, -0.2) is 89.2 Å². The number of carbonyl (C=O) groups is 4. The lowest BCUT2D eigenvalue weighted by Crippen LogP contribution is -2.61. The van der Waals surface area contributed by atoms with Crippen molar-refractivity contribution in [2.45, 2.75) is 302 Å². The van der Waals surface area contributed by atoms with E-state index in [1.807, 2.05) is 0 Å². The molecule has 75 heavy (non-hydrogen) atoms. The maximum Gasteiger partial charge on any atom is 0.335 e. The average molecular weight is 1060 g/mol. The number of carboxylic acids is 1. The van der Waals surface area contributed by atoms with Crippen LogP contribution in [0.3, 0.4) is 0 Å². The fraction of sp³-hybridized carbons (Fsp3) is 0.778. The second kappa shape index (κ2) is 51.2. The molecular formula is C63H108O12. The first-order valence-electron chi connectivity index (χ1n) is 30.3. The Labute approximate surface area is 456 Å². The van der Waals surface area contributed by atoms with E-state index in [9.17, 15) is 34.5 Å². The lowest BCUT2D eigenvalue weighted by atomic mass is 9.98. The van der Waals surface area contributed by atoms with Crippen LogP contribution < -0.4 is 0 Å². The summed E-state index contributed by atoms with van der Waals surface area (Å²) >= 11 is 0. The van der Waals surface area contributed by atoms with E-state index >= 15 is 0 Å². The monoisotopic (exact) mass is 1060 g/mol. The summed E-state index contributed by atoms with van der Waals surface area (Å²) in [7, 11) is 0. The van der Waals surface area contributed by atoms with Crippen molar-refractivity contribution in [2.75, 3.05) is 13.2 Å². The summed E-state index contributed by atoms with van der Waals surface area (Å²) < 4.78 is 28.4. The van der Waals surface area contributed by atoms with Gasteiger partial charge in [-0.15, -0.1) is 0 Å². The first kappa shape index (κ1) is 69.4. The molecule has 1 aliphatic heterocycles. The third-order valence-electron chi connectivity index (χ3n) is 13.5. The molecule has 1 aliphatic rings. The van der Waals surface area contributed by atoms with Crippen LogP contribution in [0.1, 0.15) is 265 Å². The van der Waals surface area contributed by atoms with E-state index < -0.39 is 67.3 Å². The highest BCUT2D eigenvalue weighted by molar-refractivity contribution is 5.74. The van der Waals surface area contributed by atoms with Gasteiger partial charge in [-0.2, -0.15) is 0 Å². The molecule has 0 aromatic carbocycles. The van der Waals surface area contributed by atoms with Gasteiger partial charge in [0, 0.05) is 19.3 Å². The number of carboxylic acid groups (broad SMARTS) is 1. The minimum atomic E-state index is -1.91. The molecule has 6 unspecified atom stereocenters. The first-order valence-corrected chi connectivity index (χ1v) is 30.3. The molecule has 12 nitrogen and oxygen atoms in total. The Balaban J connectivity index is 2.67. The third-order valence-corrected chi connectivity index (χ3v) is 13.5. The second-order valence-corrected chi connectivity index (χ2v) is 20.6. The van der Waals surface area contributed by atoms with E-state index in [1.165, 1.54) is 96.3 Å². The fourth-order valence-corrected chi connectivity index (χ4v) is 8.90. The summed E-state index contributed by atoms with van der Waals surface area (Å²) in [6.45, 7) is 5.84. The van der Waals surface area contributed by atoms with E-state index in [2.05, 4.69) is 81.5 Å². The van der Waals surface area contributed by atoms with Crippen molar-refractivity contribution in [3.05, 3.63) is 60.8 Å². The SMILES string of the molecule is CC/C=C\C/C=C\C/C=C\CCCCCC(=O)OCC(COC1OC(C(=O)O)C(O)C(O)C1OC(=O)CCCCCCCCCCC/C=C\CCCCCCCC)OC(=O)CCCCCCC/C=C\CCCCCC. The molecule has 432 valence electrons. The predicted octanol–water partition coefficient (Wildman–Crippen LogP) is 15.6. The Bertz CT molecular complexity index is 1540. The zero-order valence-corrected chi connectivity index (χ0v) is 47.5. The zero-order valence-electron chi connectivity index (χ0n) is 47.5. The molecule has 0 bridgehead atoms. The van der Waals surface area contributed by atoms with Crippen LogP contribution in [0.2, 0.25) is 0 Å². The van der Waals surface area contributed by atoms with Crippen LogP contribution in [0.15, 0.2) is 60.8 Å². The van der Waals surface area contributed by atoms with Gasteiger partial charge in [0.05, 0.1) is 6.61 Å². The van der Waals surface area contributed by atoms with E-state index in [0.717, 1.165) is 109 Å². The van der Waals surface area contributed by atoms with Gasteiger partial charge in [0.1, 0.15) is 18.8 Å². The molecule has 0 saturated carbocycles. The number of hydrogen-bond acceptors (Lipinski definition) is 11. The second-order valence-electron chi connectivity index (χ2n) is 20.6. The van der Waals surface area contributed by atoms with Gasteiger partial charge >= 0.3 is 23.9 Å². The van der Waals surface area contributed by atoms with Gasteiger partial charge in [-0.3, -0.25) is 14.4 Å². The summed E-state index contributed by atoms with van der Waals surface area (Å²) in [5, 5.41) is 31.5. The third kappa shape index (κ3) is 41.2. The smallest absolute Gasteiger partial charge is 0.335 e. The van der Waals surface area contributed by atoms with Crippen LogP contribution >= 0.6 is 0 Å². The number of aliphatic hydroxyl groups is 2. The van der Waals surface area contributed by atoms with Gasteiger partial charge in [0.15, 0.2) is 24.6 Å². The average Bonchev–Trinajstić information content (AvgIpc) is 3.39. The molecule has 3 N–H and O–H groups in total. The summed E-state index contributed by atoms with van der Waals surface area (Å²) in [4.78, 5) is 51.1. The maximum absolute atomic E-state index is 13.1. The molecule has 12 heteroatoms. The molecule has 1 saturated heterocycles. The van der Waals surface area contributed by atoms with E-state index in [0.29, 0.717) is 19.3 Å². The fourth-order valence-electron chi connectivity index (χ4n) is 8.90. The van der Waals surface area contributed by atoms with Gasteiger partial charge in [-0.1, -0.05) is 204 Å². The van der Waals surface area contributed by atoms with Gasteiger partial charge in [-0.25, -0.2) is 4.79 Å². The number of aliphatic carboxylic acids is 1. The van der Waals surface area contributed by atoms with Gasteiger partial charge in [0.2, 0.25) is 0 Å². The van der Waals surface area contributed by atoms with E-state index in [-0.39, 0.29) is 25.9 Å². The number of hydrogen-bond donors (Lipinski definition) is 3. The number of aliphatic hydroxyl groups excluding tert-OH is 2. The standard InChI is InChI=1S/C63H108O12/c1-4-7-10-13-16-19-22-25-26-27-28-29-30-33-36-39-42-45-48-51-57(66)74-61-59(68)58(67)60(62(69)70)75-63(61)72-53-54(73-56(65)50-47-44-41-38-35-32-24-21-18-15-12-9-6-3)52-71-55(64)49-46-43-40-37-34-31-23-20-17-14-11-8-5-2/h8,11,17,20-21,24-26,31,34,54,58-61,63,67-68H,4-7,9-10,12-16,18-19,22-23,27-30,32-33,35-53H2,1-3H3,(H,69,70)/b11-8-,20-17-,24-21-,26-25-,34-31-. The zero-order chi connectivity index (χ0) is 54.7. The molecule has 1 fully saturated rings. The predicted molar refractivity (Wildman–Crippen MR) is 303 cm³/mol. The van der Waals surface area contributed by atoms with Crippen molar-refractivity contribution in [3.8, 4) is 0 Å². The molecular weight excluding hydrogens is 949 g/mol. The molecule has 1 rings (SSSR count). The van der Waals surface area contributed by atoms with Crippen LogP contribution in [0, 0.1) is 0 Å². The molecule has 0 amide bonds. The highest BCUT2D eigenvalue weighted by Gasteiger charge is 2.50. The number of unbranched alkanes of at least 4 members (excludes halogenated alkanes) is 27. The van der Waals surface area contributed by atoms with E-state index in [1.54, 1.807) is 0 Å². The quantitative estimate of drug-likeness (QED) is 0.0228. The Morgan fingerprint density at radius 3 is 1.32 bits per heavy atom. The van der Waals surface area contributed by atoms with Crippen LogP contribution in [-0.2, 0) is 42.9 Å². The lowest BCUT2D eigenvalue weighted by Gasteiger charge is -2.40. The van der Waals surface area contributed by atoms with Gasteiger partial charge in [0.25, 0.3) is 0 Å². The van der Waals surface area contributed by atoms with Crippen LogP contribution in [0.25, 0.3) is 0 Å². The topological polar surface area (TPSA) is 175 Å². The van der Waals surface area contributed by atoms with Crippen molar-refractivity contribution >= 4 is 23.9 Å². The molecule has 0 aromatic rings. The minimum Gasteiger partial charge on any atom is -0.479 e. The Morgan fingerprint density at radius 1 is 0.453 bits per heavy atom. The molecule has 0 aliphatic carbocycles. The van der Waals surface area contributed by atoms with Crippen LogP contribution in [0.4, 0.5) is 0 Å². The lowest BCUT2D eigenvalue weighted by molar-refractivity contribution is -0.301. The largest absolute Gasteiger partial charge is 0.479 e. The Hall–Kier alpha value is -3.58. The van der Waals surface area contributed by atoms with Crippen molar-refractivity contribution in [2.24, 2.45) is 0 Å². The van der Waals surface area contributed by atoms with Crippen LogP contribution in [0.5, 0.6) is 0 Å². The maximum atomic E-state index is 13.1. The highest BCUT2D eigenvalue weighted by Crippen LogP contribution is 2.26. The highest BCUT2D eigenvalue weighted by atomic mass is 16.7. The number of carbonyl (C=O) groups excluding carboxylic acids is 3. The first-order chi connectivity index (χ1) is 36.6. The molecule has 1 heterocycles. The number of allylic oxidation sites excluding steroid dienone is 10. The van der Waals surface area contributed by atoms with Crippen molar-refractivity contribution < 1.29 is 58.2 Å². The van der Waals surface area contributed by atoms with Crippen molar-refractivity contribution in [1.29, 1.82) is 0 Å². The molecule has 0 aromatic heterocycles. The summed E-state index contributed by atoms with van der Waals surface area (Å²) in [6, 6.07) is 0. The summed E-state index contributed by atoms with van der Waals surface area (Å²) in [5.74, 6) is -3.16. The molecule has 0 radical (unpaired) electrons. The summed E-state index contributed by atoms with van der Waals surface area (Å²) in [5.41, 5.74) is 0. The van der Waals surface area contributed by atoms with E-state index in [4.69, 9.17) is 23.7 Å². The number of ether oxygens (including phenoxy) is 5. The Morgan fingerprint density at radius 2 is 0.840 bits per heavy atom. The number of esters is 3. The normalized spacial score (nSPS) is 18.5. The molecule has 0 spiro atoms. The Kier molecular flexibility index (Phi) is 47.4. The minimum absolute atomic E-state index is 0.0545. The summed E-state index contributed by atoms with van der Waals surface area (Å²) in [6.07, 6.45) is 50.5. The van der Waals surface area contributed by atoms with Crippen molar-refractivity contribution in [3.63, 3.8) is 0 Å². The molecule has 6 atom stereocenters. The van der Waals surface area contributed by atoms with Crippen molar-refractivity contribution in [1.82, 2.24) is 0 Å². The van der Waals surface area contributed by atoms with Gasteiger partial charge in [-0.05, 0) is 103 Å². The number of rotatable bonds is 51. The van der Waals surface area contributed by atoms with Gasteiger partial charge < -0.3 is 39.0 Å².